The highest BCUT2D eigenvalue weighted by Gasteiger charge is 2.33. The number of benzene rings is 3. The van der Waals surface area contributed by atoms with E-state index < -0.39 is 5.97 Å². The quantitative estimate of drug-likeness (QED) is 0.199. The van der Waals surface area contributed by atoms with Gasteiger partial charge in [0.15, 0.2) is 4.32 Å². The van der Waals surface area contributed by atoms with Gasteiger partial charge < -0.3 is 14.4 Å². The lowest BCUT2D eigenvalue weighted by Crippen LogP contribution is -2.27. The summed E-state index contributed by atoms with van der Waals surface area (Å²) < 4.78 is 11.0. The van der Waals surface area contributed by atoms with Crippen LogP contribution in [-0.4, -0.2) is 37.4 Å². The van der Waals surface area contributed by atoms with Crippen LogP contribution in [-0.2, 0) is 4.79 Å². The number of nitrogens with zero attached hydrogens (tertiary/aromatic N) is 2. The lowest BCUT2D eigenvalue weighted by atomic mass is 10.2. The minimum Gasteiger partial charge on any atom is -0.497 e. The number of hydrogen-bond acceptors (Lipinski definition) is 7. The van der Waals surface area contributed by atoms with Crippen molar-refractivity contribution in [3.05, 3.63) is 88.8 Å². The second-order valence-electron chi connectivity index (χ2n) is 7.62. The van der Waals surface area contributed by atoms with Crippen molar-refractivity contribution in [3.8, 4) is 11.5 Å². The fraction of sp³-hybridized carbons (Fsp3) is 0.115. The number of hydrogen-bond donors (Lipinski definition) is 0. The molecule has 0 N–H and O–H groups in total. The first-order chi connectivity index (χ1) is 16.4. The lowest BCUT2D eigenvalue weighted by molar-refractivity contribution is -0.113. The first-order valence-electron chi connectivity index (χ1n) is 10.4. The van der Waals surface area contributed by atoms with Gasteiger partial charge in [-0.25, -0.2) is 4.79 Å². The van der Waals surface area contributed by atoms with Gasteiger partial charge in [0.2, 0.25) is 0 Å². The van der Waals surface area contributed by atoms with Crippen molar-refractivity contribution in [2.75, 3.05) is 31.0 Å². The second-order valence-corrected chi connectivity index (χ2v) is 9.29. The number of carbonyl (C=O) groups excluding carboxylic acids is 2. The van der Waals surface area contributed by atoms with Crippen LogP contribution < -0.4 is 19.3 Å². The Hall–Kier alpha value is -3.62. The zero-order valence-corrected chi connectivity index (χ0v) is 20.5. The van der Waals surface area contributed by atoms with Crippen LogP contribution in [0, 0.1) is 0 Å². The molecule has 172 valence electrons. The summed E-state index contributed by atoms with van der Waals surface area (Å²) in [5.41, 5.74) is 3.00. The molecule has 1 amide bonds. The number of esters is 1. The van der Waals surface area contributed by atoms with Gasteiger partial charge in [0.25, 0.3) is 5.91 Å². The van der Waals surface area contributed by atoms with Crippen molar-refractivity contribution in [1.29, 1.82) is 0 Å². The number of thiocarbonyl (C=S) groups is 1. The highest BCUT2D eigenvalue weighted by Crippen LogP contribution is 2.36. The summed E-state index contributed by atoms with van der Waals surface area (Å²) in [5.74, 6) is 0.447. The maximum Gasteiger partial charge on any atom is 0.343 e. The molecule has 0 aromatic heterocycles. The van der Waals surface area contributed by atoms with E-state index in [0.717, 1.165) is 16.9 Å². The van der Waals surface area contributed by atoms with E-state index in [2.05, 4.69) is 0 Å². The highest BCUT2D eigenvalue weighted by molar-refractivity contribution is 8.27. The van der Waals surface area contributed by atoms with Gasteiger partial charge >= 0.3 is 5.97 Å². The van der Waals surface area contributed by atoms with Gasteiger partial charge in [-0.1, -0.05) is 36.1 Å². The molecule has 0 spiro atoms. The molecular formula is C26H22N2O4S2. The zero-order chi connectivity index (χ0) is 24.2. The zero-order valence-electron chi connectivity index (χ0n) is 18.8. The van der Waals surface area contributed by atoms with Gasteiger partial charge in [0.05, 0.1) is 23.3 Å². The van der Waals surface area contributed by atoms with E-state index >= 15 is 0 Å². The third-order valence-electron chi connectivity index (χ3n) is 5.13. The van der Waals surface area contributed by atoms with E-state index in [-0.39, 0.29) is 5.91 Å². The fourth-order valence-corrected chi connectivity index (χ4v) is 4.57. The lowest BCUT2D eigenvalue weighted by Gasteiger charge is -2.17. The van der Waals surface area contributed by atoms with Gasteiger partial charge in [-0.05, 0) is 72.3 Å². The average Bonchev–Trinajstić information content (AvgIpc) is 3.12. The van der Waals surface area contributed by atoms with Crippen molar-refractivity contribution in [2.24, 2.45) is 0 Å². The van der Waals surface area contributed by atoms with Crippen LogP contribution in [0.2, 0.25) is 0 Å². The number of ether oxygens (including phenoxy) is 2. The summed E-state index contributed by atoms with van der Waals surface area (Å²) >= 11 is 6.72. The van der Waals surface area contributed by atoms with Crippen LogP contribution in [0.4, 0.5) is 11.4 Å². The standard InChI is InChI=1S/C26H22N2O4S2/c1-27(2)19-8-10-20(11-9-19)28-24(29)23(34-26(28)33)16-17-4-12-22(13-5-17)32-25(30)18-6-14-21(31-3)15-7-18/h4-16H,1-3H3/b23-16-. The smallest absolute Gasteiger partial charge is 0.343 e. The molecule has 0 bridgehead atoms. The number of anilines is 2. The van der Waals surface area contributed by atoms with Gasteiger partial charge in [0.1, 0.15) is 11.5 Å². The molecule has 0 unspecified atom stereocenters. The third kappa shape index (κ3) is 5.13. The van der Waals surface area contributed by atoms with Gasteiger partial charge in [0, 0.05) is 19.8 Å². The van der Waals surface area contributed by atoms with Crippen molar-refractivity contribution in [2.45, 2.75) is 0 Å². The van der Waals surface area contributed by atoms with Crippen LogP contribution in [0.1, 0.15) is 15.9 Å². The largest absolute Gasteiger partial charge is 0.497 e. The summed E-state index contributed by atoms with van der Waals surface area (Å²) in [4.78, 5) is 29.4. The highest BCUT2D eigenvalue weighted by atomic mass is 32.2. The Morgan fingerprint density at radius 3 is 2.15 bits per heavy atom. The molecule has 1 aliphatic heterocycles. The predicted molar refractivity (Wildman–Crippen MR) is 141 cm³/mol. The Kier molecular flexibility index (Phi) is 7.00. The summed E-state index contributed by atoms with van der Waals surface area (Å²) in [6.07, 6.45) is 1.78. The molecule has 0 atom stereocenters. The minimum atomic E-state index is -0.462. The van der Waals surface area contributed by atoms with Crippen LogP contribution in [0.15, 0.2) is 77.7 Å². The SMILES string of the molecule is COc1ccc(C(=O)Oc2ccc(/C=C3\SC(=S)N(c4ccc(N(C)C)cc4)C3=O)cc2)cc1. The Morgan fingerprint density at radius 1 is 0.941 bits per heavy atom. The van der Waals surface area contributed by atoms with Crippen LogP contribution in [0.25, 0.3) is 6.08 Å². The van der Waals surface area contributed by atoms with Gasteiger partial charge in [-0.3, -0.25) is 9.69 Å². The second kappa shape index (κ2) is 10.1. The fourth-order valence-electron chi connectivity index (χ4n) is 3.27. The molecule has 4 rings (SSSR count). The third-order valence-corrected chi connectivity index (χ3v) is 6.43. The van der Waals surface area contributed by atoms with Crippen LogP contribution >= 0.6 is 24.0 Å². The Bertz CT molecular complexity index is 1250. The average molecular weight is 491 g/mol. The molecule has 0 aliphatic carbocycles. The van der Waals surface area contributed by atoms with E-state index in [0.29, 0.717) is 26.3 Å². The normalized spacial score (nSPS) is 14.4. The number of rotatable bonds is 6. The number of methoxy groups -OCH3 is 1. The van der Waals surface area contributed by atoms with E-state index in [4.69, 9.17) is 21.7 Å². The van der Waals surface area contributed by atoms with Crippen molar-refractivity contribution in [3.63, 3.8) is 0 Å². The molecule has 3 aromatic rings. The first kappa shape index (κ1) is 23.5. The molecular weight excluding hydrogens is 468 g/mol. The molecule has 8 heteroatoms. The molecule has 34 heavy (non-hydrogen) atoms. The summed E-state index contributed by atoms with van der Waals surface area (Å²) in [7, 11) is 5.49. The topological polar surface area (TPSA) is 59.1 Å². The van der Waals surface area contributed by atoms with Crippen molar-refractivity contribution >= 4 is 57.6 Å². The monoisotopic (exact) mass is 490 g/mol. The summed E-state index contributed by atoms with van der Waals surface area (Å²) in [5, 5.41) is 0. The molecule has 6 nitrogen and oxygen atoms in total. The van der Waals surface area contributed by atoms with Gasteiger partial charge in [-0.15, -0.1) is 0 Å². The molecule has 0 saturated carbocycles. The number of amides is 1. The molecule has 1 saturated heterocycles. The molecule has 1 fully saturated rings. The predicted octanol–water partition coefficient (Wildman–Crippen LogP) is 5.39. The molecule has 1 aliphatic rings. The van der Waals surface area contributed by atoms with Crippen LogP contribution in [0.3, 0.4) is 0 Å². The van der Waals surface area contributed by atoms with E-state index in [1.807, 2.05) is 43.3 Å². The summed E-state index contributed by atoms with van der Waals surface area (Å²) in [6.45, 7) is 0. The number of thioether (sulfide) groups is 1. The van der Waals surface area contributed by atoms with Gasteiger partial charge in [-0.2, -0.15) is 0 Å². The van der Waals surface area contributed by atoms with E-state index in [1.165, 1.54) is 16.7 Å². The minimum absolute atomic E-state index is 0.164. The van der Waals surface area contributed by atoms with Crippen molar-refractivity contribution < 1.29 is 19.1 Å². The Balaban J connectivity index is 1.45. The van der Waals surface area contributed by atoms with Crippen molar-refractivity contribution in [1.82, 2.24) is 0 Å². The molecule has 1 heterocycles. The Morgan fingerprint density at radius 2 is 1.56 bits per heavy atom. The van der Waals surface area contributed by atoms with Crippen LogP contribution in [0.5, 0.6) is 11.5 Å². The molecule has 0 radical (unpaired) electrons. The first-order valence-corrected chi connectivity index (χ1v) is 11.6. The number of carbonyl (C=O) groups is 2. The maximum atomic E-state index is 13.0. The van der Waals surface area contributed by atoms with E-state index in [9.17, 15) is 9.59 Å². The maximum absolute atomic E-state index is 13.0. The molecule has 3 aromatic carbocycles. The van der Waals surface area contributed by atoms with E-state index in [1.54, 1.807) is 61.7 Å². The summed E-state index contributed by atoms with van der Waals surface area (Å²) in [6, 6.07) is 21.3. The Labute approximate surface area is 207 Å².